The molecular formula is C18H16Cl2F2N2O. The monoisotopic (exact) mass is 384 g/mol. The van der Waals surface area contributed by atoms with E-state index >= 15 is 0 Å². The number of amides is 1. The van der Waals surface area contributed by atoms with Gasteiger partial charge in [-0.25, -0.2) is 8.78 Å². The van der Waals surface area contributed by atoms with E-state index in [1.807, 2.05) is 0 Å². The predicted octanol–water partition coefficient (Wildman–Crippen LogP) is 4.23. The van der Waals surface area contributed by atoms with Crippen LogP contribution in [0.25, 0.3) is 0 Å². The molecule has 7 heteroatoms. The minimum Gasteiger partial charge on any atom is -0.336 e. The summed E-state index contributed by atoms with van der Waals surface area (Å²) in [5.74, 6) is -1.23. The second kappa shape index (κ2) is 7.68. The van der Waals surface area contributed by atoms with Crippen LogP contribution in [0, 0.1) is 11.6 Å². The zero-order chi connectivity index (χ0) is 18.0. The second-order valence-corrected chi connectivity index (χ2v) is 6.72. The van der Waals surface area contributed by atoms with Crippen LogP contribution in [0.1, 0.15) is 15.9 Å². The molecule has 0 N–H and O–H groups in total. The molecule has 1 aliphatic rings. The third-order valence-corrected chi connectivity index (χ3v) is 4.85. The van der Waals surface area contributed by atoms with E-state index in [0.29, 0.717) is 38.3 Å². The van der Waals surface area contributed by atoms with E-state index in [1.54, 1.807) is 23.1 Å². The molecule has 1 heterocycles. The number of carbonyl (C=O) groups excluding carboxylic acids is 1. The van der Waals surface area contributed by atoms with Crippen molar-refractivity contribution < 1.29 is 13.6 Å². The average Bonchev–Trinajstić information content (AvgIpc) is 2.60. The Hall–Kier alpha value is -1.69. The highest BCUT2D eigenvalue weighted by molar-refractivity contribution is 6.36. The van der Waals surface area contributed by atoms with Crippen molar-refractivity contribution in [2.24, 2.45) is 0 Å². The molecule has 0 spiro atoms. The lowest BCUT2D eigenvalue weighted by Gasteiger charge is -2.35. The summed E-state index contributed by atoms with van der Waals surface area (Å²) >= 11 is 11.7. The van der Waals surface area contributed by atoms with E-state index in [1.165, 1.54) is 12.1 Å². The first-order valence-electron chi connectivity index (χ1n) is 7.85. The van der Waals surface area contributed by atoms with Gasteiger partial charge in [-0.2, -0.15) is 0 Å². The van der Waals surface area contributed by atoms with Gasteiger partial charge in [0.05, 0.1) is 15.6 Å². The molecule has 2 aromatic rings. The molecule has 0 aromatic heterocycles. The fourth-order valence-corrected chi connectivity index (χ4v) is 3.30. The van der Waals surface area contributed by atoms with Crippen molar-refractivity contribution in [1.82, 2.24) is 9.80 Å². The SMILES string of the molecule is O=C(c1cc(F)c(Cl)cc1Cl)N1CCN(Cc2ccccc2F)CC1. The van der Waals surface area contributed by atoms with Crippen molar-refractivity contribution in [3.05, 3.63) is 69.2 Å². The number of halogens is 4. The first-order valence-corrected chi connectivity index (χ1v) is 8.61. The van der Waals surface area contributed by atoms with Gasteiger partial charge in [-0.15, -0.1) is 0 Å². The normalized spacial score (nSPS) is 15.4. The van der Waals surface area contributed by atoms with E-state index < -0.39 is 5.82 Å². The van der Waals surface area contributed by atoms with Crippen LogP contribution in [0.2, 0.25) is 10.0 Å². The van der Waals surface area contributed by atoms with Crippen LogP contribution < -0.4 is 0 Å². The molecule has 1 fully saturated rings. The highest BCUT2D eigenvalue weighted by atomic mass is 35.5. The van der Waals surface area contributed by atoms with Crippen molar-refractivity contribution in [1.29, 1.82) is 0 Å². The Morgan fingerprint density at radius 2 is 1.64 bits per heavy atom. The maximum atomic E-state index is 13.7. The second-order valence-electron chi connectivity index (χ2n) is 5.91. The van der Waals surface area contributed by atoms with Gasteiger partial charge >= 0.3 is 0 Å². The Bertz CT molecular complexity index is 793. The Labute approximate surface area is 154 Å². The Kier molecular flexibility index (Phi) is 5.57. The van der Waals surface area contributed by atoms with E-state index in [2.05, 4.69) is 4.90 Å². The third kappa shape index (κ3) is 4.11. The predicted molar refractivity (Wildman–Crippen MR) is 94.0 cm³/mol. The molecule has 132 valence electrons. The maximum Gasteiger partial charge on any atom is 0.255 e. The molecule has 0 saturated carbocycles. The van der Waals surface area contributed by atoms with Crippen molar-refractivity contribution in [2.45, 2.75) is 6.54 Å². The molecule has 2 aromatic carbocycles. The first-order chi connectivity index (χ1) is 12.0. The molecule has 3 rings (SSSR count). The summed E-state index contributed by atoms with van der Waals surface area (Å²) in [4.78, 5) is 16.2. The fourth-order valence-electron chi connectivity index (χ4n) is 2.83. The van der Waals surface area contributed by atoms with Gasteiger partial charge in [-0.3, -0.25) is 9.69 Å². The van der Waals surface area contributed by atoms with Gasteiger partial charge < -0.3 is 4.90 Å². The molecule has 0 unspecified atom stereocenters. The number of nitrogens with zero attached hydrogens (tertiary/aromatic N) is 2. The molecule has 1 saturated heterocycles. The Morgan fingerprint density at radius 1 is 0.960 bits per heavy atom. The lowest BCUT2D eigenvalue weighted by atomic mass is 10.1. The molecule has 0 atom stereocenters. The third-order valence-electron chi connectivity index (χ3n) is 4.25. The fraction of sp³-hybridized carbons (Fsp3) is 0.278. The highest BCUT2D eigenvalue weighted by Gasteiger charge is 2.25. The van der Waals surface area contributed by atoms with Gasteiger partial charge in [-0.05, 0) is 18.2 Å². The van der Waals surface area contributed by atoms with Crippen molar-refractivity contribution >= 4 is 29.1 Å². The van der Waals surface area contributed by atoms with Crippen LogP contribution in [0.5, 0.6) is 0 Å². The lowest BCUT2D eigenvalue weighted by molar-refractivity contribution is 0.0626. The van der Waals surface area contributed by atoms with Gasteiger partial charge in [0.2, 0.25) is 0 Å². The van der Waals surface area contributed by atoms with Crippen LogP contribution >= 0.6 is 23.2 Å². The molecule has 0 aliphatic carbocycles. The van der Waals surface area contributed by atoms with E-state index in [-0.39, 0.29) is 27.3 Å². The van der Waals surface area contributed by atoms with Crippen molar-refractivity contribution in [2.75, 3.05) is 26.2 Å². The quantitative estimate of drug-likeness (QED) is 0.739. The molecule has 1 amide bonds. The lowest BCUT2D eigenvalue weighted by Crippen LogP contribution is -2.48. The molecule has 3 nitrogen and oxygen atoms in total. The average molecular weight is 385 g/mol. The summed E-state index contributed by atoms with van der Waals surface area (Å²) in [6.07, 6.45) is 0. The summed E-state index contributed by atoms with van der Waals surface area (Å²) in [5, 5.41) is 0.0152. The number of piperazine rings is 1. The Morgan fingerprint density at radius 3 is 2.32 bits per heavy atom. The summed E-state index contributed by atoms with van der Waals surface area (Å²) < 4.78 is 27.4. The topological polar surface area (TPSA) is 23.6 Å². The minimum atomic E-state index is -0.674. The van der Waals surface area contributed by atoms with Crippen LogP contribution in [0.3, 0.4) is 0 Å². The molecule has 1 aliphatic heterocycles. The maximum absolute atomic E-state index is 13.7. The largest absolute Gasteiger partial charge is 0.336 e. The zero-order valence-corrected chi connectivity index (χ0v) is 14.8. The molecule has 0 radical (unpaired) electrons. The van der Waals surface area contributed by atoms with Gasteiger partial charge in [0.15, 0.2) is 0 Å². The standard InChI is InChI=1S/C18H16Cl2F2N2O/c19-14-10-15(20)17(22)9-13(14)18(25)24-7-5-23(6-8-24)11-12-3-1-2-4-16(12)21/h1-4,9-10H,5-8,11H2. The van der Waals surface area contributed by atoms with E-state index in [9.17, 15) is 13.6 Å². The number of hydrogen-bond donors (Lipinski definition) is 0. The number of rotatable bonds is 3. The summed E-state index contributed by atoms with van der Waals surface area (Å²) in [7, 11) is 0. The van der Waals surface area contributed by atoms with Gasteiger partial charge in [0.1, 0.15) is 11.6 Å². The van der Waals surface area contributed by atoms with Crippen molar-refractivity contribution in [3.63, 3.8) is 0 Å². The van der Waals surface area contributed by atoms with E-state index in [4.69, 9.17) is 23.2 Å². The molecule has 25 heavy (non-hydrogen) atoms. The number of benzene rings is 2. The number of hydrogen-bond acceptors (Lipinski definition) is 2. The summed E-state index contributed by atoms with van der Waals surface area (Å²) in [6, 6.07) is 8.95. The van der Waals surface area contributed by atoms with Crippen LogP contribution in [0.15, 0.2) is 36.4 Å². The molecule has 0 bridgehead atoms. The van der Waals surface area contributed by atoms with Gasteiger partial charge in [0, 0.05) is 38.3 Å². The van der Waals surface area contributed by atoms with Crippen LogP contribution in [-0.2, 0) is 6.54 Å². The van der Waals surface area contributed by atoms with Gasteiger partial charge in [-0.1, -0.05) is 41.4 Å². The van der Waals surface area contributed by atoms with Gasteiger partial charge in [0.25, 0.3) is 5.91 Å². The highest BCUT2D eigenvalue weighted by Crippen LogP contribution is 2.26. The summed E-state index contributed by atoms with van der Waals surface area (Å²) in [6.45, 7) is 2.63. The Balaban J connectivity index is 1.63. The van der Waals surface area contributed by atoms with Crippen LogP contribution in [0.4, 0.5) is 8.78 Å². The minimum absolute atomic E-state index is 0.103. The van der Waals surface area contributed by atoms with E-state index in [0.717, 1.165) is 6.07 Å². The molecular weight excluding hydrogens is 369 g/mol. The number of carbonyl (C=O) groups is 1. The summed E-state index contributed by atoms with van der Waals surface area (Å²) in [5.41, 5.74) is 0.733. The zero-order valence-electron chi connectivity index (χ0n) is 13.3. The van der Waals surface area contributed by atoms with Crippen molar-refractivity contribution in [3.8, 4) is 0 Å². The smallest absolute Gasteiger partial charge is 0.255 e. The first kappa shape index (κ1) is 18.1. The van der Waals surface area contributed by atoms with Crippen LogP contribution in [-0.4, -0.2) is 41.9 Å².